The first-order valence-electron chi connectivity index (χ1n) is 5.70. The van der Waals surface area contributed by atoms with Gasteiger partial charge in [-0.25, -0.2) is 0 Å². The molecule has 0 aliphatic heterocycles. The number of nitrogens with one attached hydrogen (secondary N) is 2. The predicted octanol–water partition coefficient (Wildman–Crippen LogP) is 2.60. The first-order chi connectivity index (χ1) is 7.66. The van der Waals surface area contributed by atoms with E-state index in [1.54, 1.807) is 6.20 Å². The van der Waals surface area contributed by atoms with E-state index in [4.69, 9.17) is 0 Å². The Bertz CT molecular complexity index is 428. The number of aromatic amines is 2. The van der Waals surface area contributed by atoms with Crippen molar-refractivity contribution in [2.75, 3.05) is 0 Å². The van der Waals surface area contributed by atoms with Crippen LogP contribution in [0.3, 0.4) is 0 Å². The molecular formula is C12H18N4. The van der Waals surface area contributed by atoms with E-state index in [9.17, 15) is 0 Å². The minimum atomic E-state index is 0.433. The monoisotopic (exact) mass is 218 g/mol. The van der Waals surface area contributed by atoms with Gasteiger partial charge in [0.15, 0.2) is 0 Å². The van der Waals surface area contributed by atoms with Crippen molar-refractivity contribution in [1.82, 2.24) is 20.4 Å². The Labute approximate surface area is 95.5 Å². The van der Waals surface area contributed by atoms with Crippen LogP contribution in [0.5, 0.6) is 0 Å². The molecular weight excluding hydrogens is 200 g/mol. The van der Waals surface area contributed by atoms with Gasteiger partial charge >= 0.3 is 0 Å². The van der Waals surface area contributed by atoms with Crippen LogP contribution in [-0.2, 0) is 6.42 Å². The van der Waals surface area contributed by atoms with Gasteiger partial charge in [0.25, 0.3) is 0 Å². The van der Waals surface area contributed by atoms with Crippen LogP contribution >= 0.6 is 0 Å². The molecule has 0 saturated heterocycles. The third kappa shape index (κ3) is 2.32. The standard InChI is InChI=1S/C12H18N4/c1-8(2)12-7-10(14-16-12)6-9(3)11-4-5-13-15-11/h4-5,7-9H,6H2,1-3H3,(H,13,15)(H,14,16). The first kappa shape index (κ1) is 10.9. The predicted molar refractivity (Wildman–Crippen MR) is 63.4 cm³/mol. The van der Waals surface area contributed by atoms with Crippen molar-refractivity contribution in [1.29, 1.82) is 0 Å². The molecule has 0 aromatic carbocycles. The number of nitrogens with zero attached hydrogens (tertiary/aromatic N) is 2. The van der Waals surface area contributed by atoms with E-state index in [1.165, 1.54) is 11.4 Å². The van der Waals surface area contributed by atoms with Crippen LogP contribution in [0.2, 0.25) is 0 Å². The van der Waals surface area contributed by atoms with E-state index in [0.29, 0.717) is 11.8 Å². The fraction of sp³-hybridized carbons (Fsp3) is 0.500. The average molecular weight is 218 g/mol. The molecule has 2 heterocycles. The maximum absolute atomic E-state index is 4.30. The Kier molecular flexibility index (Phi) is 3.08. The molecule has 0 spiro atoms. The topological polar surface area (TPSA) is 57.4 Å². The van der Waals surface area contributed by atoms with Gasteiger partial charge in [0.2, 0.25) is 0 Å². The highest BCUT2D eigenvalue weighted by atomic mass is 15.1. The number of hydrogen-bond donors (Lipinski definition) is 2. The molecule has 0 radical (unpaired) electrons. The molecule has 0 bridgehead atoms. The highest BCUT2D eigenvalue weighted by Gasteiger charge is 2.11. The fourth-order valence-corrected chi connectivity index (χ4v) is 1.76. The van der Waals surface area contributed by atoms with Gasteiger partial charge < -0.3 is 0 Å². The van der Waals surface area contributed by atoms with Gasteiger partial charge in [-0.1, -0.05) is 20.8 Å². The number of hydrogen-bond acceptors (Lipinski definition) is 2. The quantitative estimate of drug-likeness (QED) is 0.828. The van der Waals surface area contributed by atoms with Crippen molar-refractivity contribution in [3.63, 3.8) is 0 Å². The molecule has 4 heteroatoms. The lowest BCUT2D eigenvalue weighted by Gasteiger charge is -2.06. The van der Waals surface area contributed by atoms with Crippen molar-refractivity contribution in [2.45, 2.75) is 39.0 Å². The molecule has 0 amide bonds. The summed E-state index contributed by atoms with van der Waals surface area (Å²) in [5.41, 5.74) is 3.48. The van der Waals surface area contributed by atoms with Crippen LogP contribution in [0.4, 0.5) is 0 Å². The Morgan fingerprint density at radius 3 is 2.62 bits per heavy atom. The summed E-state index contributed by atoms with van der Waals surface area (Å²) >= 11 is 0. The van der Waals surface area contributed by atoms with Crippen molar-refractivity contribution in [3.8, 4) is 0 Å². The lowest BCUT2D eigenvalue weighted by molar-refractivity contribution is 0.707. The highest BCUT2D eigenvalue weighted by Crippen LogP contribution is 2.19. The molecule has 0 saturated carbocycles. The van der Waals surface area contributed by atoms with Crippen LogP contribution in [0.15, 0.2) is 18.3 Å². The van der Waals surface area contributed by atoms with E-state index in [-0.39, 0.29) is 0 Å². The Hall–Kier alpha value is -1.58. The van der Waals surface area contributed by atoms with Crippen molar-refractivity contribution in [2.24, 2.45) is 0 Å². The zero-order valence-electron chi connectivity index (χ0n) is 9.99. The molecule has 1 unspecified atom stereocenters. The highest BCUT2D eigenvalue weighted by molar-refractivity contribution is 5.15. The minimum absolute atomic E-state index is 0.433. The van der Waals surface area contributed by atoms with Gasteiger partial charge in [-0.05, 0) is 24.5 Å². The molecule has 2 aromatic heterocycles. The normalized spacial score (nSPS) is 13.2. The van der Waals surface area contributed by atoms with Gasteiger partial charge in [0.1, 0.15) is 0 Å². The van der Waals surface area contributed by atoms with E-state index >= 15 is 0 Å². The summed E-state index contributed by atoms with van der Waals surface area (Å²) in [7, 11) is 0. The number of H-pyrrole nitrogens is 2. The molecule has 0 aliphatic rings. The Morgan fingerprint density at radius 1 is 1.25 bits per heavy atom. The largest absolute Gasteiger partial charge is 0.282 e. The molecule has 16 heavy (non-hydrogen) atoms. The van der Waals surface area contributed by atoms with Gasteiger partial charge in [-0.3, -0.25) is 10.2 Å². The molecule has 0 fully saturated rings. The molecule has 2 aromatic rings. The summed E-state index contributed by atoms with van der Waals surface area (Å²) in [6.07, 6.45) is 2.75. The van der Waals surface area contributed by atoms with E-state index < -0.39 is 0 Å². The lowest BCUT2D eigenvalue weighted by atomic mass is 10.0. The summed E-state index contributed by atoms with van der Waals surface area (Å²) in [4.78, 5) is 0. The summed E-state index contributed by atoms with van der Waals surface area (Å²) in [6.45, 7) is 6.49. The SMILES string of the molecule is CC(C)c1cc(CC(C)c2ccn[nH]2)[nH]n1. The first-order valence-corrected chi connectivity index (χ1v) is 5.70. The van der Waals surface area contributed by atoms with E-state index in [2.05, 4.69) is 47.2 Å². The fourth-order valence-electron chi connectivity index (χ4n) is 1.76. The third-order valence-corrected chi connectivity index (χ3v) is 2.82. The third-order valence-electron chi connectivity index (χ3n) is 2.82. The van der Waals surface area contributed by atoms with Gasteiger partial charge in [-0.2, -0.15) is 10.2 Å². The van der Waals surface area contributed by atoms with Crippen LogP contribution in [0, 0.1) is 0 Å². The summed E-state index contributed by atoms with van der Waals surface area (Å²) in [5.74, 6) is 0.912. The van der Waals surface area contributed by atoms with Crippen molar-refractivity contribution >= 4 is 0 Å². The average Bonchev–Trinajstić information content (AvgIpc) is 2.87. The zero-order valence-corrected chi connectivity index (χ0v) is 9.99. The zero-order chi connectivity index (χ0) is 11.5. The van der Waals surface area contributed by atoms with Crippen LogP contribution in [0.1, 0.15) is 49.7 Å². The number of aromatic nitrogens is 4. The second-order valence-corrected chi connectivity index (χ2v) is 4.59. The Morgan fingerprint density at radius 2 is 2.06 bits per heavy atom. The minimum Gasteiger partial charge on any atom is -0.282 e. The van der Waals surface area contributed by atoms with E-state index in [0.717, 1.165) is 12.1 Å². The smallest absolute Gasteiger partial charge is 0.0650 e. The molecule has 1 atom stereocenters. The maximum Gasteiger partial charge on any atom is 0.0650 e. The summed E-state index contributed by atoms with van der Waals surface area (Å²) < 4.78 is 0. The van der Waals surface area contributed by atoms with Crippen LogP contribution in [0.25, 0.3) is 0 Å². The van der Waals surface area contributed by atoms with E-state index in [1.807, 2.05) is 6.07 Å². The maximum atomic E-state index is 4.30. The molecule has 2 N–H and O–H groups in total. The van der Waals surface area contributed by atoms with Gasteiger partial charge in [0.05, 0.1) is 5.69 Å². The second-order valence-electron chi connectivity index (χ2n) is 4.59. The van der Waals surface area contributed by atoms with Gasteiger partial charge in [0, 0.05) is 23.5 Å². The second kappa shape index (κ2) is 4.51. The van der Waals surface area contributed by atoms with Crippen LogP contribution < -0.4 is 0 Å². The van der Waals surface area contributed by atoms with Crippen LogP contribution in [-0.4, -0.2) is 20.4 Å². The molecule has 4 nitrogen and oxygen atoms in total. The van der Waals surface area contributed by atoms with Gasteiger partial charge in [-0.15, -0.1) is 0 Å². The summed E-state index contributed by atoms with van der Waals surface area (Å²) in [5, 5.41) is 14.4. The van der Waals surface area contributed by atoms with Crippen molar-refractivity contribution in [3.05, 3.63) is 35.4 Å². The molecule has 0 aliphatic carbocycles. The van der Waals surface area contributed by atoms with Crippen molar-refractivity contribution < 1.29 is 0 Å². The Balaban J connectivity index is 2.03. The number of rotatable bonds is 4. The summed E-state index contributed by atoms with van der Waals surface area (Å²) in [6, 6.07) is 4.17. The molecule has 86 valence electrons. The molecule has 2 rings (SSSR count). The lowest BCUT2D eigenvalue weighted by Crippen LogP contribution is -1.99.